The maximum Gasteiger partial charge on any atom is 0.0344 e. The van der Waals surface area contributed by atoms with Gasteiger partial charge in [0.1, 0.15) is 0 Å². The minimum Gasteiger partial charge on any atom is -0.315 e. The van der Waals surface area contributed by atoms with E-state index in [0.29, 0.717) is 0 Å². The largest absolute Gasteiger partial charge is 0.315 e. The van der Waals surface area contributed by atoms with Gasteiger partial charge in [-0.25, -0.2) is 5.84 Å². The van der Waals surface area contributed by atoms with Gasteiger partial charge in [0, 0.05) is 18.2 Å². The number of nitrogens with two attached hydrogens (primary N) is 1. The fourth-order valence-corrected chi connectivity index (χ4v) is 2.00. The molecule has 1 atom stereocenters. The molecule has 10 heavy (non-hydrogen) atoms. The first-order valence-corrected chi connectivity index (χ1v) is 4.10. The molecule has 0 bridgehead atoms. The van der Waals surface area contributed by atoms with Gasteiger partial charge in [-0.1, -0.05) is 6.08 Å². The van der Waals surface area contributed by atoms with Crippen LogP contribution in [0.4, 0.5) is 0 Å². The third-order valence-electron chi connectivity index (χ3n) is 2.58. The minimum absolute atomic E-state index is 0.804. The first kappa shape index (κ1) is 6.23. The average molecular weight is 138 g/mol. The molecule has 2 nitrogen and oxygen atoms in total. The van der Waals surface area contributed by atoms with Gasteiger partial charge in [0.2, 0.25) is 0 Å². The van der Waals surface area contributed by atoms with Crippen LogP contribution in [0.1, 0.15) is 25.7 Å². The lowest BCUT2D eigenvalue weighted by Gasteiger charge is -2.20. The molecule has 56 valence electrons. The summed E-state index contributed by atoms with van der Waals surface area (Å²) >= 11 is 0. The Kier molecular flexibility index (Phi) is 1.42. The zero-order chi connectivity index (χ0) is 6.97. The van der Waals surface area contributed by atoms with Crippen molar-refractivity contribution in [3.8, 4) is 0 Å². The second-order valence-electron chi connectivity index (χ2n) is 3.24. The summed E-state index contributed by atoms with van der Waals surface area (Å²) in [5.74, 6) is 6.56. The van der Waals surface area contributed by atoms with Crippen LogP contribution >= 0.6 is 0 Å². The molecule has 0 aromatic rings. The lowest BCUT2D eigenvalue weighted by Crippen LogP contribution is -2.26. The van der Waals surface area contributed by atoms with Gasteiger partial charge in [0.15, 0.2) is 0 Å². The number of hydrazine groups is 1. The Bertz CT molecular complexity index is 163. The first-order chi connectivity index (χ1) is 4.88. The monoisotopic (exact) mass is 138 g/mol. The minimum atomic E-state index is 0.804. The predicted octanol–water partition coefficient (Wildman–Crippen LogP) is 1.25. The van der Waals surface area contributed by atoms with E-state index in [1.165, 1.54) is 31.4 Å². The number of hydrogen-bond acceptors (Lipinski definition) is 2. The molecule has 0 radical (unpaired) electrons. The predicted molar refractivity (Wildman–Crippen MR) is 40.9 cm³/mol. The SMILES string of the molecule is NN1CCC2CCCC=C21. The van der Waals surface area contributed by atoms with Gasteiger partial charge in [-0.15, -0.1) is 0 Å². The second kappa shape index (κ2) is 2.27. The highest BCUT2D eigenvalue weighted by Gasteiger charge is 2.26. The van der Waals surface area contributed by atoms with Crippen molar-refractivity contribution in [1.82, 2.24) is 5.01 Å². The number of nitrogens with zero attached hydrogens (tertiary/aromatic N) is 1. The molecule has 0 aromatic heterocycles. The van der Waals surface area contributed by atoms with Crippen molar-refractivity contribution in [2.75, 3.05) is 6.54 Å². The highest BCUT2D eigenvalue weighted by Crippen LogP contribution is 2.33. The van der Waals surface area contributed by atoms with Crippen LogP contribution in [0.3, 0.4) is 0 Å². The Morgan fingerprint density at radius 2 is 2.40 bits per heavy atom. The maximum absolute atomic E-state index is 5.75. The van der Waals surface area contributed by atoms with E-state index in [1.807, 2.05) is 5.01 Å². The molecule has 1 heterocycles. The zero-order valence-electron chi connectivity index (χ0n) is 6.21. The molecule has 2 heteroatoms. The highest BCUT2D eigenvalue weighted by molar-refractivity contribution is 5.11. The molecule has 0 spiro atoms. The van der Waals surface area contributed by atoms with Gasteiger partial charge in [-0.05, 0) is 25.7 Å². The summed E-state index contributed by atoms with van der Waals surface area (Å²) in [5.41, 5.74) is 1.41. The van der Waals surface area contributed by atoms with E-state index in [-0.39, 0.29) is 0 Å². The molecule has 2 rings (SSSR count). The Morgan fingerprint density at radius 1 is 1.50 bits per heavy atom. The third kappa shape index (κ3) is 0.833. The van der Waals surface area contributed by atoms with Crippen molar-refractivity contribution in [1.29, 1.82) is 0 Å². The van der Waals surface area contributed by atoms with Gasteiger partial charge < -0.3 is 5.01 Å². The molecule has 0 aromatic carbocycles. The van der Waals surface area contributed by atoms with Crippen LogP contribution in [0.5, 0.6) is 0 Å². The lowest BCUT2D eigenvalue weighted by molar-refractivity contribution is 0.397. The Balaban J connectivity index is 2.19. The van der Waals surface area contributed by atoms with Crippen molar-refractivity contribution in [3.63, 3.8) is 0 Å². The molecule has 0 amide bonds. The Morgan fingerprint density at radius 3 is 3.20 bits per heavy atom. The molecule has 1 saturated heterocycles. The fourth-order valence-electron chi connectivity index (χ4n) is 2.00. The van der Waals surface area contributed by atoms with Gasteiger partial charge in [0.25, 0.3) is 0 Å². The van der Waals surface area contributed by atoms with E-state index in [2.05, 4.69) is 6.08 Å². The maximum atomic E-state index is 5.75. The smallest absolute Gasteiger partial charge is 0.0344 e. The van der Waals surface area contributed by atoms with E-state index in [0.717, 1.165) is 12.5 Å². The number of hydrogen-bond donors (Lipinski definition) is 1. The fraction of sp³-hybridized carbons (Fsp3) is 0.750. The van der Waals surface area contributed by atoms with Gasteiger partial charge in [0.05, 0.1) is 0 Å². The summed E-state index contributed by atoms with van der Waals surface area (Å²) in [4.78, 5) is 0. The molecule has 1 fully saturated rings. The van der Waals surface area contributed by atoms with Crippen LogP contribution in [0.25, 0.3) is 0 Å². The zero-order valence-corrected chi connectivity index (χ0v) is 6.21. The molecule has 0 saturated carbocycles. The molecule has 1 aliphatic heterocycles. The van der Waals surface area contributed by atoms with Gasteiger partial charge in [-0.3, -0.25) is 0 Å². The number of fused-ring (bicyclic) bond motifs is 1. The quantitative estimate of drug-likeness (QED) is 0.510. The van der Waals surface area contributed by atoms with Crippen LogP contribution in [0.2, 0.25) is 0 Å². The molecule has 2 N–H and O–H groups in total. The standard InChI is InChI=1S/C8H14N2/c9-10-6-5-7-3-1-2-4-8(7)10/h4,7H,1-3,5-6,9H2. The average Bonchev–Trinajstić information content (AvgIpc) is 2.34. The van der Waals surface area contributed by atoms with E-state index in [1.54, 1.807) is 0 Å². The van der Waals surface area contributed by atoms with Crippen LogP contribution in [-0.4, -0.2) is 11.6 Å². The van der Waals surface area contributed by atoms with Crippen LogP contribution in [0, 0.1) is 5.92 Å². The second-order valence-corrected chi connectivity index (χ2v) is 3.24. The van der Waals surface area contributed by atoms with Crippen LogP contribution < -0.4 is 5.84 Å². The van der Waals surface area contributed by atoms with Crippen LogP contribution in [-0.2, 0) is 0 Å². The van der Waals surface area contributed by atoms with E-state index in [4.69, 9.17) is 5.84 Å². The van der Waals surface area contributed by atoms with Crippen molar-refractivity contribution in [2.45, 2.75) is 25.7 Å². The lowest BCUT2D eigenvalue weighted by atomic mass is 9.93. The van der Waals surface area contributed by atoms with E-state index < -0.39 is 0 Å². The summed E-state index contributed by atoms with van der Waals surface area (Å²) in [6.07, 6.45) is 7.55. The first-order valence-electron chi connectivity index (χ1n) is 4.10. The van der Waals surface area contributed by atoms with Crippen molar-refractivity contribution in [3.05, 3.63) is 11.8 Å². The summed E-state index contributed by atoms with van der Waals surface area (Å²) in [6.45, 7) is 1.07. The van der Waals surface area contributed by atoms with Crippen molar-refractivity contribution < 1.29 is 0 Å². The summed E-state index contributed by atoms with van der Waals surface area (Å²) in [5, 5.41) is 1.92. The van der Waals surface area contributed by atoms with Crippen LogP contribution in [0.15, 0.2) is 11.8 Å². The number of allylic oxidation sites excluding steroid dienone is 2. The van der Waals surface area contributed by atoms with E-state index >= 15 is 0 Å². The van der Waals surface area contributed by atoms with Crippen molar-refractivity contribution in [2.24, 2.45) is 11.8 Å². The van der Waals surface area contributed by atoms with Gasteiger partial charge >= 0.3 is 0 Å². The summed E-state index contributed by atoms with van der Waals surface area (Å²) in [7, 11) is 0. The Labute approximate surface area is 61.7 Å². The molecule has 1 aliphatic carbocycles. The third-order valence-corrected chi connectivity index (χ3v) is 2.58. The van der Waals surface area contributed by atoms with Crippen molar-refractivity contribution >= 4 is 0 Å². The Hall–Kier alpha value is -0.500. The molecule has 2 aliphatic rings. The van der Waals surface area contributed by atoms with Gasteiger partial charge in [-0.2, -0.15) is 0 Å². The molecular formula is C8H14N2. The molecule has 1 unspecified atom stereocenters. The summed E-state index contributed by atoms with van der Waals surface area (Å²) < 4.78 is 0. The highest BCUT2D eigenvalue weighted by atomic mass is 15.4. The normalized spacial score (nSPS) is 31.9. The van der Waals surface area contributed by atoms with E-state index in [9.17, 15) is 0 Å². The summed E-state index contributed by atoms with van der Waals surface area (Å²) in [6, 6.07) is 0. The molecular weight excluding hydrogens is 124 g/mol. The topological polar surface area (TPSA) is 29.3 Å². The number of rotatable bonds is 0.